The Kier molecular flexibility index (Phi) is 7.23. The van der Waals surface area contributed by atoms with Crippen LogP contribution in [0.25, 0.3) is 28.0 Å². The maximum absolute atomic E-state index is 12.8. The van der Waals surface area contributed by atoms with E-state index in [9.17, 15) is 14.9 Å². The molecule has 39 heavy (non-hydrogen) atoms. The van der Waals surface area contributed by atoms with Crippen molar-refractivity contribution in [2.24, 2.45) is 5.41 Å². The molecule has 2 aromatic heterocycles. The second-order valence-electron chi connectivity index (χ2n) is 11.6. The van der Waals surface area contributed by atoms with Crippen molar-refractivity contribution in [1.82, 2.24) is 19.2 Å². The van der Waals surface area contributed by atoms with Gasteiger partial charge in [-0.05, 0) is 35.6 Å². The van der Waals surface area contributed by atoms with Crippen molar-refractivity contribution in [3.05, 3.63) is 88.2 Å². The number of nitro benzene ring substituents is 1. The first-order valence-electron chi connectivity index (χ1n) is 13.4. The summed E-state index contributed by atoms with van der Waals surface area (Å²) in [7, 11) is 0. The molecule has 0 saturated carbocycles. The van der Waals surface area contributed by atoms with E-state index in [1.807, 2.05) is 17.0 Å². The largest absolute Gasteiger partial charge is 0.340 e. The van der Waals surface area contributed by atoms with Crippen LogP contribution in [0.1, 0.15) is 38.4 Å². The second kappa shape index (κ2) is 10.6. The zero-order chi connectivity index (χ0) is 27.7. The molecule has 1 aliphatic heterocycles. The Hall–Kier alpha value is -4.04. The van der Waals surface area contributed by atoms with Gasteiger partial charge in [-0.15, -0.1) is 0 Å². The topological polar surface area (TPSA) is 84.0 Å². The van der Waals surface area contributed by atoms with Gasteiger partial charge in [0, 0.05) is 63.0 Å². The number of non-ortho nitro benzene ring substituents is 1. The number of benzene rings is 2. The highest BCUT2D eigenvalue weighted by Crippen LogP contribution is 2.31. The number of imidazole rings is 1. The molecule has 0 unspecified atom stereocenters. The fourth-order valence-electron chi connectivity index (χ4n) is 5.17. The smallest absolute Gasteiger partial charge is 0.270 e. The Morgan fingerprint density at radius 2 is 1.67 bits per heavy atom. The predicted octanol–water partition coefficient (Wildman–Crippen LogP) is 5.97. The summed E-state index contributed by atoms with van der Waals surface area (Å²) >= 11 is 0. The fraction of sp³-hybridized carbons (Fsp3) is 0.355. The molecule has 3 heterocycles. The number of aromatic nitrogens is 2. The van der Waals surface area contributed by atoms with E-state index >= 15 is 0 Å². The Morgan fingerprint density at radius 3 is 2.36 bits per heavy atom. The second-order valence-corrected chi connectivity index (χ2v) is 11.6. The Morgan fingerprint density at radius 1 is 0.949 bits per heavy atom. The van der Waals surface area contributed by atoms with E-state index in [-0.39, 0.29) is 21.9 Å². The first kappa shape index (κ1) is 26.6. The van der Waals surface area contributed by atoms with E-state index < -0.39 is 0 Å². The number of rotatable bonds is 6. The molecule has 0 atom stereocenters. The van der Waals surface area contributed by atoms with Gasteiger partial charge in [0.15, 0.2) is 0 Å². The minimum absolute atomic E-state index is 0.0348. The van der Waals surface area contributed by atoms with Gasteiger partial charge in [-0.2, -0.15) is 0 Å². The summed E-state index contributed by atoms with van der Waals surface area (Å²) in [5.41, 5.74) is 6.64. The predicted molar refractivity (Wildman–Crippen MR) is 153 cm³/mol. The molecular formula is C31H35N5O3. The normalized spacial score (nSPS) is 14.6. The molecule has 4 aromatic rings. The summed E-state index contributed by atoms with van der Waals surface area (Å²) in [4.78, 5) is 33.1. The first-order valence-corrected chi connectivity index (χ1v) is 13.4. The molecule has 8 nitrogen and oxygen atoms in total. The third-order valence-corrected chi connectivity index (χ3v) is 7.18. The SMILES string of the molecule is Cc1cccc(-c2ccc3nc(-c4cccc([N+](=O)[O-])c4)c(CN4CCN(C(=O)CC(C)(C)C)CC4)n3c2)c1. The van der Waals surface area contributed by atoms with E-state index in [0.717, 1.165) is 46.8 Å². The Bertz CT molecular complexity index is 1530. The number of hydrogen-bond acceptors (Lipinski definition) is 5. The minimum atomic E-state index is -0.372. The van der Waals surface area contributed by atoms with E-state index in [0.29, 0.717) is 26.1 Å². The van der Waals surface area contributed by atoms with Crippen molar-refractivity contribution >= 4 is 17.2 Å². The number of piperazine rings is 1. The van der Waals surface area contributed by atoms with Gasteiger partial charge in [0.05, 0.1) is 16.3 Å². The van der Waals surface area contributed by atoms with Crippen LogP contribution in [0.15, 0.2) is 66.9 Å². The number of nitrogens with zero attached hydrogens (tertiary/aromatic N) is 5. The van der Waals surface area contributed by atoms with Crippen LogP contribution in [0, 0.1) is 22.5 Å². The van der Waals surface area contributed by atoms with Crippen molar-refractivity contribution in [1.29, 1.82) is 0 Å². The van der Waals surface area contributed by atoms with Crippen LogP contribution in [-0.4, -0.2) is 56.2 Å². The molecule has 0 bridgehead atoms. The van der Waals surface area contributed by atoms with Crippen LogP contribution >= 0.6 is 0 Å². The molecule has 1 amide bonds. The fourth-order valence-corrected chi connectivity index (χ4v) is 5.17. The van der Waals surface area contributed by atoms with Crippen LogP contribution in [-0.2, 0) is 11.3 Å². The van der Waals surface area contributed by atoms with Crippen LogP contribution in [0.3, 0.4) is 0 Å². The van der Waals surface area contributed by atoms with Crippen molar-refractivity contribution in [3.8, 4) is 22.4 Å². The summed E-state index contributed by atoms with van der Waals surface area (Å²) in [6.45, 7) is 11.9. The summed E-state index contributed by atoms with van der Waals surface area (Å²) in [6, 6.07) is 19.1. The highest BCUT2D eigenvalue weighted by Gasteiger charge is 2.26. The van der Waals surface area contributed by atoms with Gasteiger partial charge in [-0.3, -0.25) is 19.8 Å². The molecule has 202 valence electrons. The molecule has 0 aliphatic carbocycles. The van der Waals surface area contributed by atoms with Crippen LogP contribution in [0.4, 0.5) is 5.69 Å². The number of pyridine rings is 1. The van der Waals surface area contributed by atoms with Gasteiger partial charge in [0.25, 0.3) is 5.69 Å². The molecule has 1 aliphatic rings. The molecule has 0 spiro atoms. The zero-order valence-corrected chi connectivity index (χ0v) is 23.1. The van der Waals surface area contributed by atoms with Crippen LogP contribution < -0.4 is 0 Å². The quantitative estimate of drug-likeness (QED) is 0.229. The Balaban J connectivity index is 1.49. The van der Waals surface area contributed by atoms with Crippen molar-refractivity contribution in [2.45, 2.75) is 40.7 Å². The van der Waals surface area contributed by atoms with E-state index in [4.69, 9.17) is 4.98 Å². The van der Waals surface area contributed by atoms with Crippen molar-refractivity contribution in [2.75, 3.05) is 26.2 Å². The Labute approximate surface area is 229 Å². The highest BCUT2D eigenvalue weighted by atomic mass is 16.6. The van der Waals surface area contributed by atoms with Gasteiger partial charge < -0.3 is 9.30 Å². The molecule has 1 fully saturated rings. The maximum atomic E-state index is 12.8. The first-order chi connectivity index (χ1) is 18.6. The number of amides is 1. The van der Waals surface area contributed by atoms with Gasteiger partial charge in [0.2, 0.25) is 5.91 Å². The monoisotopic (exact) mass is 525 g/mol. The van der Waals surface area contributed by atoms with Gasteiger partial charge in [-0.1, -0.05) is 62.7 Å². The van der Waals surface area contributed by atoms with Gasteiger partial charge >= 0.3 is 0 Å². The molecular weight excluding hydrogens is 490 g/mol. The number of carbonyl (C=O) groups excluding carboxylic acids is 1. The zero-order valence-electron chi connectivity index (χ0n) is 23.1. The lowest BCUT2D eigenvalue weighted by atomic mass is 9.91. The summed E-state index contributed by atoms with van der Waals surface area (Å²) < 4.78 is 2.11. The van der Waals surface area contributed by atoms with E-state index in [2.05, 4.69) is 73.5 Å². The van der Waals surface area contributed by atoms with E-state index in [1.165, 1.54) is 11.6 Å². The van der Waals surface area contributed by atoms with E-state index in [1.54, 1.807) is 12.1 Å². The number of fused-ring (bicyclic) bond motifs is 1. The maximum Gasteiger partial charge on any atom is 0.270 e. The summed E-state index contributed by atoms with van der Waals surface area (Å²) in [6.07, 6.45) is 2.65. The standard InChI is InChI=1S/C31H35N5O3/c1-22-7-5-8-23(17-22)25-11-12-28-32-30(24-9-6-10-26(18-24)36(38)39)27(35(28)20-25)21-33-13-15-34(16-14-33)29(37)19-31(2,3)4/h5-12,17-18,20H,13-16,19,21H2,1-4H3. The molecule has 1 saturated heterocycles. The summed E-state index contributed by atoms with van der Waals surface area (Å²) in [5, 5.41) is 11.5. The summed E-state index contributed by atoms with van der Waals surface area (Å²) in [5.74, 6) is 0.206. The average molecular weight is 526 g/mol. The highest BCUT2D eigenvalue weighted by molar-refractivity contribution is 5.77. The lowest BCUT2D eigenvalue weighted by molar-refractivity contribution is -0.384. The third kappa shape index (κ3) is 6.01. The molecule has 2 aromatic carbocycles. The third-order valence-electron chi connectivity index (χ3n) is 7.18. The van der Waals surface area contributed by atoms with Gasteiger partial charge in [0.1, 0.15) is 5.65 Å². The molecule has 5 rings (SSSR count). The number of nitro groups is 1. The number of carbonyl (C=O) groups is 1. The number of hydrogen-bond donors (Lipinski definition) is 0. The average Bonchev–Trinajstić information content (AvgIpc) is 3.25. The minimum Gasteiger partial charge on any atom is -0.340 e. The van der Waals surface area contributed by atoms with Crippen molar-refractivity contribution < 1.29 is 9.72 Å². The van der Waals surface area contributed by atoms with Crippen LogP contribution in [0.5, 0.6) is 0 Å². The lowest BCUT2D eigenvalue weighted by Crippen LogP contribution is -2.49. The molecule has 0 N–H and O–H groups in total. The molecule has 8 heteroatoms. The van der Waals surface area contributed by atoms with Crippen molar-refractivity contribution in [3.63, 3.8) is 0 Å². The number of aryl methyl sites for hydroxylation is 1. The van der Waals surface area contributed by atoms with Gasteiger partial charge in [-0.25, -0.2) is 4.98 Å². The van der Waals surface area contributed by atoms with Crippen LogP contribution in [0.2, 0.25) is 0 Å². The molecule has 0 radical (unpaired) electrons. The lowest BCUT2D eigenvalue weighted by Gasteiger charge is -2.36.